The van der Waals surface area contributed by atoms with Gasteiger partial charge < -0.3 is 10.4 Å². The second kappa shape index (κ2) is 7.61. The number of hydrogen-bond donors (Lipinski definition) is 2. The van der Waals surface area contributed by atoms with Gasteiger partial charge in [0.2, 0.25) is 5.91 Å². The van der Waals surface area contributed by atoms with Crippen molar-refractivity contribution in [2.24, 2.45) is 5.92 Å². The second-order valence-electron chi connectivity index (χ2n) is 4.25. The molecule has 1 aromatic carbocycles. The Morgan fingerprint density at radius 1 is 1.56 bits per heavy atom. The lowest BCUT2D eigenvalue weighted by Gasteiger charge is -2.09. The molecule has 1 rings (SSSR count). The van der Waals surface area contributed by atoms with Crippen LogP contribution in [-0.2, 0) is 4.79 Å². The van der Waals surface area contributed by atoms with Crippen LogP contribution in [0.2, 0.25) is 0 Å². The predicted octanol–water partition coefficient (Wildman–Crippen LogP) is 1.97. The molecule has 1 aromatic rings. The molecule has 4 heteroatoms. The van der Waals surface area contributed by atoms with Crippen molar-refractivity contribution < 1.29 is 14.3 Å². The maximum absolute atomic E-state index is 12.9. The molecule has 0 aliphatic carbocycles. The van der Waals surface area contributed by atoms with Crippen molar-refractivity contribution in [3.05, 3.63) is 41.7 Å². The average Bonchev–Trinajstić information content (AvgIpc) is 2.34. The number of aliphatic hydroxyl groups is 1. The molecule has 1 atom stereocenters. The van der Waals surface area contributed by atoms with Gasteiger partial charge in [0.1, 0.15) is 5.82 Å². The quantitative estimate of drug-likeness (QED) is 0.759. The van der Waals surface area contributed by atoms with Crippen LogP contribution in [0.5, 0.6) is 0 Å². The number of halogens is 1. The third-order valence-corrected chi connectivity index (χ3v) is 2.52. The van der Waals surface area contributed by atoms with Gasteiger partial charge in [-0.2, -0.15) is 0 Å². The highest BCUT2D eigenvalue weighted by Crippen LogP contribution is 2.05. The predicted molar refractivity (Wildman–Crippen MR) is 69.3 cm³/mol. The molecule has 1 unspecified atom stereocenters. The molecule has 98 valence electrons. The van der Waals surface area contributed by atoms with Gasteiger partial charge in [-0.3, -0.25) is 4.79 Å². The van der Waals surface area contributed by atoms with Crippen LogP contribution in [-0.4, -0.2) is 24.2 Å². The standard InChI is InChI=1S/C14H18FNO2/c1-11(7-8-17)10-16-14(18)6-5-12-3-2-4-13(15)9-12/h2-6,9,11,17H,7-8,10H2,1H3,(H,16,18)/b6-5+. The number of rotatable bonds is 6. The van der Waals surface area contributed by atoms with Gasteiger partial charge in [-0.05, 0) is 36.1 Å². The minimum Gasteiger partial charge on any atom is -0.396 e. The zero-order valence-electron chi connectivity index (χ0n) is 10.4. The summed E-state index contributed by atoms with van der Waals surface area (Å²) in [5, 5.41) is 11.4. The fourth-order valence-corrected chi connectivity index (χ4v) is 1.44. The van der Waals surface area contributed by atoms with Crippen LogP contribution in [0.4, 0.5) is 4.39 Å². The monoisotopic (exact) mass is 251 g/mol. The molecule has 0 saturated carbocycles. The molecule has 0 heterocycles. The maximum atomic E-state index is 12.9. The van der Waals surface area contributed by atoms with E-state index in [1.165, 1.54) is 18.2 Å². The first-order valence-electron chi connectivity index (χ1n) is 5.94. The van der Waals surface area contributed by atoms with E-state index in [2.05, 4.69) is 5.32 Å². The Hall–Kier alpha value is -1.68. The van der Waals surface area contributed by atoms with Crippen LogP contribution in [0.25, 0.3) is 6.08 Å². The van der Waals surface area contributed by atoms with Gasteiger partial charge in [0.05, 0.1) is 0 Å². The Labute approximate surface area is 106 Å². The van der Waals surface area contributed by atoms with Crippen molar-refractivity contribution in [1.29, 1.82) is 0 Å². The number of nitrogens with one attached hydrogen (secondary N) is 1. The Kier molecular flexibility index (Phi) is 6.08. The molecular formula is C14H18FNO2. The third-order valence-electron chi connectivity index (χ3n) is 2.52. The van der Waals surface area contributed by atoms with Crippen molar-refractivity contribution in [3.63, 3.8) is 0 Å². The first kappa shape index (κ1) is 14.4. The van der Waals surface area contributed by atoms with Crippen LogP contribution in [0, 0.1) is 11.7 Å². The van der Waals surface area contributed by atoms with E-state index in [0.29, 0.717) is 18.5 Å². The fraction of sp³-hybridized carbons (Fsp3) is 0.357. The Bertz CT molecular complexity index is 418. The third kappa shape index (κ3) is 5.59. The van der Waals surface area contributed by atoms with E-state index in [1.54, 1.807) is 18.2 Å². The molecule has 0 aromatic heterocycles. The van der Waals surface area contributed by atoms with Crippen molar-refractivity contribution in [3.8, 4) is 0 Å². The number of carbonyl (C=O) groups excluding carboxylic acids is 1. The molecule has 3 nitrogen and oxygen atoms in total. The van der Waals surface area contributed by atoms with E-state index in [9.17, 15) is 9.18 Å². The van der Waals surface area contributed by atoms with Gasteiger partial charge in [-0.1, -0.05) is 19.1 Å². The molecule has 2 N–H and O–H groups in total. The molecule has 0 saturated heterocycles. The SMILES string of the molecule is CC(CCO)CNC(=O)/C=C/c1cccc(F)c1. The van der Waals surface area contributed by atoms with Crippen LogP contribution in [0.1, 0.15) is 18.9 Å². The number of carbonyl (C=O) groups is 1. The Morgan fingerprint density at radius 2 is 2.33 bits per heavy atom. The molecule has 0 fully saturated rings. The van der Waals surface area contributed by atoms with Gasteiger partial charge in [0.15, 0.2) is 0 Å². The summed E-state index contributed by atoms with van der Waals surface area (Å²) in [5.41, 5.74) is 0.647. The minimum absolute atomic E-state index is 0.121. The smallest absolute Gasteiger partial charge is 0.244 e. The molecular weight excluding hydrogens is 233 g/mol. The van der Waals surface area contributed by atoms with Crippen molar-refractivity contribution in [1.82, 2.24) is 5.32 Å². The fourth-order valence-electron chi connectivity index (χ4n) is 1.44. The molecule has 0 spiro atoms. The summed E-state index contributed by atoms with van der Waals surface area (Å²) in [4.78, 5) is 11.5. The molecule has 0 bridgehead atoms. The summed E-state index contributed by atoms with van der Waals surface area (Å²) in [7, 11) is 0. The summed E-state index contributed by atoms with van der Waals surface area (Å²) < 4.78 is 12.9. The second-order valence-corrected chi connectivity index (χ2v) is 4.25. The first-order valence-corrected chi connectivity index (χ1v) is 5.94. The van der Waals surface area contributed by atoms with Gasteiger partial charge >= 0.3 is 0 Å². The van der Waals surface area contributed by atoms with E-state index < -0.39 is 0 Å². The maximum Gasteiger partial charge on any atom is 0.244 e. The average molecular weight is 251 g/mol. The lowest BCUT2D eigenvalue weighted by molar-refractivity contribution is -0.116. The van der Waals surface area contributed by atoms with Gasteiger partial charge in [0.25, 0.3) is 0 Å². The summed E-state index contributed by atoms with van der Waals surface area (Å²) in [6, 6.07) is 6.03. The summed E-state index contributed by atoms with van der Waals surface area (Å²) in [6.07, 6.45) is 3.60. The number of amides is 1. The van der Waals surface area contributed by atoms with Gasteiger partial charge in [-0.15, -0.1) is 0 Å². The van der Waals surface area contributed by atoms with E-state index in [1.807, 2.05) is 6.92 Å². The molecule has 0 radical (unpaired) electrons. The zero-order chi connectivity index (χ0) is 13.4. The highest BCUT2D eigenvalue weighted by atomic mass is 19.1. The largest absolute Gasteiger partial charge is 0.396 e. The van der Waals surface area contributed by atoms with Crippen molar-refractivity contribution >= 4 is 12.0 Å². The van der Waals surface area contributed by atoms with Crippen LogP contribution in [0.15, 0.2) is 30.3 Å². The Morgan fingerprint density at radius 3 is 3.00 bits per heavy atom. The highest BCUT2D eigenvalue weighted by molar-refractivity contribution is 5.91. The molecule has 1 amide bonds. The van der Waals surface area contributed by atoms with Crippen LogP contribution >= 0.6 is 0 Å². The molecule has 18 heavy (non-hydrogen) atoms. The van der Waals surface area contributed by atoms with Crippen LogP contribution in [0.3, 0.4) is 0 Å². The minimum atomic E-state index is -0.325. The van der Waals surface area contributed by atoms with Crippen LogP contribution < -0.4 is 5.32 Å². The first-order chi connectivity index (χ1) is 8.61. The summed E-state index contributed by atoms with van der Waals surface area (Å²) in [5.74, 6) is -0.306. The van der Waals surface area contributed by atoms with E-state index >= 15 is 0 Å². The number of benzene rings is 1. The van der Waals surface area contributed by atoms with E-state index in [-0.39, 0.29) is 24.2 Å². The topological polar surface area (TPSA) is 49.3 Å². The molecule has 0 aliphatic heterocycles. The van der Waals surface area contributed by atoms with E-state index in [4.69, 9.17) is 5.11 Å². The van der Waals surface area contributed by atoms with Crippen molar-refractivity contribution in [2.75, 3.05) is 13.2 Å². The highest BCUT2D eigenvalue weighted by Gasteiger charge is 2.02. The normalized spacial score (nSPS) is 12.6. The zero-order valence-corrected chi connectivity index (χ0v) is 10.4. The van der Waals surface area contributed by atoms with Crippen molar-refractivity contribution in [2.45, 2.75) is 13.3 Å². The van der Waals surface area contributed by atoms with E-state index in [0.717, 1.165) is 0 Å². The van der Waals surface area contributed by atoms with Gasteiger partial charge in [0, 0.05) is 19.2 Å². The summed E-state index contributed by atoms with van der Waals surface area (Å²) in [6.45, 7) is 2.59. The molecule has 0 aliphatic rings. The number of hydrogen-bond acceptors (Lipinski definition) is 2. The lowest BCUT2D eigenvalue weighted by Crippen LogP contribution is -2.26. The van der Waals surface area contributed by atoms with Gasteiger partial charge in [-0.25, -0.2) is 4.39 Å². The summed E-state index contributed by atoms with van der Waals surface area (Å²) >= 11 is 0. The number of aliphatic hydroxyl groups excluding tert-OH is 1. The lowest BCUT2D eigenvalue weighted by atomic mass is 10.1. The Balaban J connectivity index is 2.40.